The molecule has 2 heterocycles. The summed E-state index contributed by atoms with van der Waals surface area (Å²) in [7, 11) is 1.65. The smallest absolute Gasteiger partial charge is 0.268 e. The van der Waals surface area contributed by atoms with Gasteiger partial charge >= 0.3 is 0 Å². The molecule has 6 heteroatoms. The van der Waals surface area contributed by atoms with Crippen molar-refractivity contribution in [2.45, 2.75) is 32.1 Å². The van der Waals surface area contributed by atoms with Crippen LogP contribution >= 0.6 is 0 Å². The predicted molar refractivity (Wildman–Crippen MR) is 107 cm³/mol. The van der Waals surface area contributed by atoms with Crippen LogP contribution in [0.15, 0.2) is 47.4 Å². The molecular weight excluding hydrogens is 340 g/mol. The van der Waals surface area contributed by atoms with Crippen molar-refractivity contribution in [1.82, 2.24) is 15.1 Å². The molecule has 1 aromatic heterocycles. The quantitative estimate of drug-likeness (QED) is 0.725. The number of aromatic nitrogens is 2. The van der Waals surface area contributed by atoms with Crippen molar-refractivity contribution in [1.29, 1.82) is 0 Å². The molecule has 0 spiro atoms. The Labute approximate surface area is 160 Å². The third kappa shape index (κ3) is 5.67. The van der Waals surface area contributed by atoms with E-state index in [1.807, 2.05) is 6.07 Å². The van der Waals surface area contributed by atoms with E-state index in [4.69, 9.17) is 0 Å². The van der Waals surface area contributed by atoms with Gasteiger partial charge in [0.05, 0.1) is 11.9 Å². The first-order valence-corrected chi connectivity index (χ1v) is 9.71. The lowest BCUT2D eigenvalue weighted by Crippen LogP contribution is -2.31. The Morgan fingerprint density at radius 3 is 2.85 bits per heavy atom. The Morgan fingerprint density at radius 1 is 1.26 bits per heavy atom. The molecule has 1 aliphatic rings. The topological polar surface area (TPSA) is 67.2 Å². The summed E-state index contributed by atoms with van der Waals surface area (Å²) in [4.78, 5) is 26.0. The number of benzene rings is 1. The Hall–Kier alpha value is -2.63. The zero-order chi connectivity index (χ0) is 19.1. The molecule has 3 rings (SSSR count). The van der Waals surface area contributed by atoms with E-state index in [0.29, 0.717) is 18.9 Å². The Morgan fingerprint density at radius 2 is 2.07 bits per heavy atom. The number of hydrogen-bond donors (Lipinski definition) is 1. The maximum Gasteiger partial charge on any atom is 0.268 e. The number of carbonyl (C=O) groups is 1. The monoisotopic (exact) mass is 368 g/mol. The average Bonchev–Trinajstić information content (AvgIpc) is 3.16. The molecule has 1 fully saturated rings. The minimum atomic E-state index is -0.0974. The summed E-state index contributed by atoms with van der Waals surface area (Å²) >= 11 is 0. The number of carbonyl (C=O) groups excluding carboxylic acids is 1. The summed E-state index contributed by atoms with van der Waals surface area (Å²) in [5.74, 6) is 0.555. The number of hydrogen-bond acceptors (Lipinski definition) is 4. The number of unbranched alkanes of at least 4 members (excludes halogenated alkanes) is 1. The number of nitrogens with one attached hydrogen (secondary N) is 1. The Balaban J connectivity index is 1.33. The van der Waals surface area contributed by atoms with Gasteiger partial charge in [0.15, 0.2) is 0 Å². The fraction of sp³-hybridized carbons (Fsp3) is 0.476. The Kier molecular flexibility index (Phi) is 6.63. The van der Waals surface area contributed by atoms with E-state index in [1.54, 1.807) is 19.3 Å². The van der Waals surface area contributed by atoms with E-state index in [-0.39, 0.29) is 11.5 Å². The van der Waals surface area contributed by atoms with Crippen LogP contribution in [-0.4, -0.2) is 35.3 Å². The van der Waals surface area contributed by atoms with Gasteiger partial charge in [-0.2, -0.15) is 5.10 Å². The molecule has 27 heavy (non-hydrogen) atoms. The number of anilines is 1. The van der Waals surface area contributed by atoms with E-state index in [1.165, 1.54) is 10.2 Å². The van der Waals surface area contributed by atoms with Crippen molar-refractivity contribution < 1.29 is 4.79 Å². The maximum absolute atomic E-state index is 12.1. The molecule has 0 saturated carbocycles. The first kappa shape index (κ1) is 19.1. The van der Waals surface area contributed by atoms with E-state index < -0.39 is 0 Å². The first-order chi connectivity index (χ1) is 13.1. The molecular formula is C21H28N4O2. The van der Waals surface area contributed by atoms with Crippen LogP contribution < -0.4 is 15.8 Å². The fourth-order valence-electron chi connectivity index (χ4n) is 3.47. The summed E-state index contributed by atoms with van der Waals surface area (Å²) in [6.45, 7) is 2.45. The SMILES string of the molecule is Cn1ncc(N2CC[C@H](CNC(=O)CCCCc3ccccc3)C2)cc1=O. The van der Waals surface area contributed by atoms with Crippen LogP contribution in [0.5, 0.6) is 0 Å². The summed E-state index contributed by atoms with van der Waals surface area (Å²) in [5.41, 5.74) is 2.10. The highest BCUT2D eigenvalue weighted by atomic mass is 16.1. The van der Waals surface area contributed by atoms with Crippen molar-refractivity contribution in [2.24, 2.45) is 13.0 Å². The predicted octanol–water partition coefficient (Wildman–Crippen LogP) is 2.14. The van der Waals surface area contributed by atoms with Gasteiger partial charge in [-0.25, -0.2) is 4.68 Å². The largest absolute Gasteiger partial charge is 0.370 e. The zero-order valence-corrected chi connectivity index (χ0v) is 15.9. The van der Waals surface area contributed by atoms with E-state index in [2.05, 4.69) is 39.6 Å². The molecule has 144 valence electrons. The molecule has 6 nitrogen and oxygen atoms in total. The average molecular weight is 368 g/mol. The molecule has 0 radical (unpaired) electrons. The lowest BCUT2D eigenvalue weighted by molar-refractivity contribution is -0.121. The summed E-state index contributed by atoms with van der Waals surface area (Å²) in [5, 5.41) is 7.15. The molecule has 1 atom stereocenters. The summed E-state index contributed by atoms with van der Waals surface area (Å²) in [6.07, 6.45) is 6.30. The highest BCUT2D eigenvalue weighted by Crippen LogP contribution is 2.21. The van der Waals surface area contributed by atoms with Gasteiger partial charge < -0.3 is 10.2 Å². The molecule has 1 amide bonds. The molecule has 1 N–H and O–H groups in total. The van der Waals surface area contributed by atoms with Crippen LogP contribution in [0.3, 0.4) is 0 Å². The first-order valence-electron chi connectivity index (χ1n) is 9.71. The van der Waals surface area contributed by atoms with Crippen molar-refractivity contribution in [3.05, 3.63) is 58.5 Å². The second-order valence-corrected chi connectivity index (χ2v) is 7.27. The normalized spacial score (nSPS) is 16.5. The van der Waals surface area contributed by atoms with Crippen LogP contribution in [0.25, 0.3) is 0 Å². The van der Waals surface area contributed by atoms with Gasteiger partial charge in [-0.05, 0) is 37.2 Å². The highest BCUT2D eigenvalue weighted by Gasteiger charge is 2.23. The second kappa shape index (κ2) is 9.35. The summed E-state index contributed by atoms with van der Waals surface area (Å²) in [6, 6.07) is 12.0. The minimum Gasteiger partial charge on any atom is -0.370 e. The number of nitrogens with zero attached hydrogens (tertiary/aromatic N) is 3. The maximum atomic E-state index is 12.1. The zero-order valence-electron chi connectivity index (χ0n) is 15.9. The van der Waals surface area contributed by atoms with Gasteiger partial charge in [-0.3, -0.25) is 9.59 Å². The van der Waals surface area contributed by atoms with Crippen molar-refractivity contribution in [3.8, 4) is 0 Å². The van der Waals surface area contributed by atoms with Crippen LogP contribution in [0, 0.1) is 5.92 Å². The lowest BCUT2D eigenvalue weighted by Gasteiger charge is -2.18. The van der Waals surface area contributed by atoms with Gasteiger partial charge in [0, 0.05) is 39.2 Å². The molecule has 1 aliphatic heterocycles. The van der Waals surface area contributed by atoms with Gasteiger partial charge in [-0.1, -0.05) is 30.3 Å². The number of amides is 1. The van der Waals surface area contributed by atoms with Gasteiger partial charge in [0.25, 0.3) is 5.56 Å². The summed E-state index contributed by atoms with van der Waals surface area (Å²) < 4.78 is 1.33. The van der Waals surface area contributed by atoms with Crippen molar-refractivity contribution >= 4 is 11.6 Å². The van der Waals surface area contributed by atoms with Crippen molar-refractivity contribution in [3.63, 3.8) is 0 Å². The molecule has 0 aliphatic carbocycles. The van der Waals surface area contributed by atoms with Gasteiger partial charge in [-0.15, -0.1) is 0 Å². The minimum absolute atomic E-state index is 0.0974. The highest BCUT2D eigenvalue weighted by molar-refractivity contribution is 5.75. The molecule has 0 unspecified atom stereocenters. The lowest BCUT2D eigenvalue weighted by atomic mass is 10.1. The molecule has 1 saturated heterocycles. The van der Waals surface area contributed by atoms with E-state index in [0.717, 1.165) is 44.5 Å². The third-order valence-corrected chi connectivity index (χ3v) is 5.15. The fourth-order valence-corrected chi connectivity index (χ4v) is 3.47. The van der Waals surface area contributed by atoms with E-state index >= 15 is 0 Å². The molecule has 2 aromatic rings. The molecule has 0 bridgehead atoms. The molecule has 1 aromatic carbocycles. The van der Waals surface area contributed by atoms with Gasteiger partial charge in [0.1, 0.15) is 0 Å². The second-order valence-electron chi connectivity index (χ2n) is 7.27. The van der Waals surface area contributed by atoms with E-state index in [9.17, 15) is 9.59 Å². The van der Waals surface area contributed by atoms with Crippen molar-refractivity contribution in [2.75, 3.05) is 24.5 Å². The van der Waals surface area contributed by atoms with Crippen LogP contribution in [-0.2, 0) is 18.3 Å². The standard InChI is InChI=1S/C21H28N4O2/c1-24-21(27)13-19(15-23-24)25-12-11-18(16-25)14-22-20(26)10-6-5-9-17-7-3-2-4-8-17/h2-4,7-8,13,15,18H,5-6,9-12,14,16H2,1H3,(H,22,26)/t18-/m1/s1. The number of rotatable bonds is 8. The van der Waals surface area contributed by atoms with Gasteiger partial charge in [0.2, 0.25) is 5.91 Å². The Bertz CT molecular complexity index is 803. The van der Waals surface area contributed by atoms with Crippen LogP contribution in [0.1, 0.15) is 31.2 Å². The number of aryl methyl sites for hydroxylation is 2. The third-order valence-electron chi connectivity index (χ3n) is 5.15. The van der Waals surface area contributed by atoms with Crippen LogP contribution in [0.2, 0.25) is 0 Å². The van der Waals surface area contributed by atoms with Crippen LogP contribution in [0.4, 0.5) is 5.69 Å².